The number of piperidine rings is 1. The molecule has 0 aromatic heterocycles. The second-order valence-corrected chi connectivity index (χ2v) is 5.10. The molecular weight excluding hydrogens is 176 g/mol. The van der Waals surface area contributed by atoms with Gasteiger partial charge in [0, 0.05) is 12.5 Å². The number of carbonyl (C=O) groups is 1. The van der Waals surface area contributed by atoms with E-state index in [0.29, 0.717) is 0 Å². The van der Waals surface area contributed by atoms with Crippen molar-refractivity contribution in [3.8, 4) is 0 Å². The van der Waals surface area contributed by atoms with Crippen LogP contribution < -0.4 is 5.32 Å². The van der Waals surface area contributed by atoms with Gasteiger partial charge in [0.1, 0.15) is 0 Å². The van der Waals surface area contributed by atoms with Crippen LogP contribution in [0.1, 0.15) is 40.5 Å². The quantitative estimate of drug-likeness (QED) is 0.690. The number of carbonyl (C=O) groups excluding carboxylic acids is 1. The molecule has 1 rings (SSSR count). The molecule has 1 atom stereocenters. The van der Waals surface area contributed by atoms with E-state index in [9.17, 15) is 4.79 Å². The van der Waals surface area contributed by atoms with Gasteiger partial charge in [-0.05, 0) is 47.2 Å². The Hall–Kier alpha value is -0.570. The van der Waals surface area contributed by atoms with Crippen LogP contribution >= 0.6 is 0 Å². The third-order valence-electron chi connectivity index (χ3n) is 3.93. The van der Waals surface area contributed by atoms with Crippen LogP contribution in [-0.4, -0.2) is 35.5 Å². The first kappa shape index (κ1) is 11.5. The smallest absolute Gasteiger partial charge is 0.217 e. The minimum atomic E-state index is -0.105. The molecule has 0 spiro atoms. The van der Waals surface area contributed by atoms with Crippen LogP contribution in [0.25, 0.3) is 0 Å². The number of hydrogen-bond acceptors (Lipinski definition) is 2. The van der Waals surface area contributed by atoms with E-state index in [2.05, 4.69) is 38.0 Å². The molecule has 0 saturated carbocycles. The highest BCUT2D eigenvalue weighted by Crippen LogP contribution is 2.35. The van der Waals surface area contributed by atoms with Crippen LogP contribution in [0.2, 0.25) is 0 Å². The zero-order valence-electron chi connectivity index (χ0n) is 9.98. The predicted molar refractivity (Wildman–Crippen MR) is 58.2 cm³/mol. The third-order valence-corrected chi connectivity index (χ3v) is 3.93. The van der Waals surface area contributed by atoms with Gasteiger partial charge < -0.3 is 5.32 Å². The first-order chi connectivity index (χ1) is 6.29. The van der Waals surface area contributed by atoms with E-state index in [1.165, 1.54) is 0 Å². The number of rotatable bonds is 1. The van der Waals surface area contributed by atoms with E-state index < -0.39 is 0 Å². The largest absolute Gasteiger partial charge is 0.349 e. The normalized spacial score (nSPS) is 32.6. The highest BCUT2D eigenvalue weighted by molar-refractivity contribution is 5.74. The summed E-state index contributed by atoms with van der Waals surface area (Å²) in [6.07, 6.45) is 2.21. The van der Waals surface area contributed by atoms with Crippen LogP contribution in [0, 0.1) is 0 Å². The van der Waals surface area contributed by atoms with Crippen molar-refractivity contribution in [2.75, 3.05) is 13.6 Å². The van der Waals surface area contributed by atoms with Gasteiger partial charge in [-0.25, -0.2) is 0 Å². The first-order valence-electron chi connectivity index (χ1n) is 5.29. The fourth-order valence-corrected chi connectivity index (χ4v) is 2.28. The Bertz CT molecular complexity index is 237. The van der Waals surface area contributed by atoms with Crippen LogP contribution in [-0.2, 0) is 4.79 Å². The molecule has 14 heavy (non-hydrogen) atoms. The molecule has 1 heterocycles. The number of likely N-dealkylation sites (tertiary alicyclic amines) is 1. The third kappa shape index (κ3) is 1.78. The number of amides is 1. The Balaban J connectivity index is 2.88. The molecule has 1 N–H and O–H groups in total. The zero-order valence-corrected chi connectivity index (χ0v) is 9.98. The summed E-state index contributed by atoms with van der Waals surface area (Å²) < 4.78 is 0. The van der Waals surface area contributed by atoms with Gasteiger partial charge in [0.15, 0.2) is 0 Å². The van der Waals surface area contributed by atoms with Crippen molar-refractivity contribution < 1.29 is 4.79 Å². The Morgan fingerprint density at radius 2 is 1.93 bits per heavy atom. The fourth-order valence-electron chi connectivity index (χ4n) is 2.28. The Morgan fingerprint density at radius 3 is 2.43 bits per heavy atom. The van der Waals surface area contributed by atoms with Gasteiger partial charge in [0.2, 0.25) is 5.91 Å². The summed E-state index contributed by atoms with van der Waals surface area (Å²) in [6, 6.07) is 0. The van der Waals surface area contributed by atoms with E-state index in [4.69, 9.17) is 0 Å². The summed E-state index contributed by atoms with van der Waals surface area (Å²) >= 11 is 0. The lowest BCUT2D eigenvalue weighted by molar-refractivity contribution is -0.123. The predicted octanol–water partition coefficient (Wildman–Crippen LogP) is 1.39. The van der Waals surface area contributed by atoms with Crippen LogP contribution in [0.4, 0.5) is 0 Å². The zero-order chi connectivity index (χ0) is 11.0. The van der Waals surface area contributed by atoms with Crippen molar-refractivity contribution in [3.63, 3.8) is 0 Å². The van der Waals surface area contributed by atoms with Gasteiger partial charge in [-0.1, -0.05) is 0 Å². The average molecular weight is 198 g/mol. The molecule has 1 amide bonds. The van der Waals surface area contributed by atoms with Crippen LogP contribution in [0.5, 0.6) is 0 Å². The highest BCUT2D eigenvalue weighted by Gasteiger charge is 2.46. The van der Waals surface area contributed by atoms with Crippen molar-refractivity contribution >= 4 is 5.91 Å². The Kier molecular flexibility index (Phi) is 2.91. The number of likely N-dealkylation sites (N-methyl/N-ethyl adjacent to an activating group) is 1. The second kappa shape index (κ2) is 3.54. The van der Waals surface area contributed by atoms with E-state index in [1.54, 1.807) is 6.92 Å². The molecular formula is C11H22N2O. The topological polar surface area (TPSA) is 32.3 Å². The van der Waals surface area contributed by atoms with Gasteiger partial charge in [-0.2, -0.15) is 0 Å². The maximum atomic E-state index is 11.2. The van der Waals surface area contributed by atoms with Crippen molar-refractivity contribution in [1.82, 2.24) is 10.2 Å². The molecule has 0 aromatic rings. The van der Waals surface area contributed by atoms with E-state index in [1.807, 2.05) is 0 Å². The van der Waals surface area contributed by atoms with Gasteiger partial charge in [0.05, 0.1) is 5.54 Å². The van der Waals surface area contributed by atoms with Crippen molar-refractivity contribution in [2.45, 2.75) is 51.6 Å². The molecule has 0 aromatic carbocycles. The molecule has 1 fully saturated rings. The van der Waals surface area contributed by atoms with Gasteiger partial charge in [-0.15, -0.1) is 0 Å². The highest BCUT2D eigenvalue weighted by atomic mass is 16.1. The minimum absolute atomic E-state index is 0.0247. The summed E-state index contributed by atoms with van der Waals surface area (Å²) in [5.74, 6) is 0.0656. The van der Waals surface area contributed by atoms with Gasteiger partial charge in [0.25, 0.3) is 0 Å². The summed E-state index contributed by atoms with van der Waals surface area (Å²) in [7, 11) is 2.12. The second-order valence-electron chi connectivity index (χ2n) is 5.10. The SMILES string of the molecule is CC(=O)NC1(C)CCCN(C)C1(C)C. The van der Waals surface area contributed by atoms with E-state index in [0.717, 1.165) is 19.4 Å². The van der Waals surface area contributed by atoms with Crippen molar-refractivity contribution in [2.24, 2.45) is 0 Å². The first-order valence-corrected chi connectivity index (χ1v) is 5.29. The lowest BCUT2D eigenvalue weighted by Gasteiger charge is -2.53. The number of nitrogens with one attached hydrogen (secondary N) is 1. The van der Waals surface area contributed by atoms with E-state index in [-0.39, 0.29) is 17.0 Å². The van der Waals surface area contributed by atoms with E-state index >= 15 is 0 Å². The Morgan fingerprint density at radius 1 is 1.36 bits per heavy atom. The van der Waals surface area contributed by atoms with Crippen LogP contribution in [0.3, 0.4) is 0 Å². The van der Waals surface area contributed by atoms with Crippen molar-refractivity contribution in [3.05, 3.63) is 0 Å². The molecule has 1 aliphatic rings. The molecule has 1 unspecified atom stereocenters. The average Bonchev–Trinajstić information content (AvgIpc) is 1.99. The summed E-state index contributed by atoms with van der Waals surface area (Å²) in [5, 5.41) is 3.10. The molecule has 1 aliphatic heterocycles. The standard InChI is InChI=1S/C11H22N2O/c1-9(14)12-11(4)7-6-8-13(5)10(11,2)3/h6-8H2,1-5H3,(H,12,14). The molecule has 1 saturated heterocycles. The summed E-state index contributed by atoms with van der Waals surface area (Å²) in [4.78, 5) is 13.5. The maximum absolute atomic E-state index is 11.2. The number of hydrogen-bond donors (Lipinski definition) is 1. The lowest BCUT2D eigenvalue weighted by Crippen LogP contribution is -2.68. The van der Waals surface area contributed by atoms with Crippen LogP contribution in [0.15, 0.2) is 0 Å². The summed E-state index contributed by atoms with van der Waals surface area (Å²) in [6.45, 7) is 9.24. The molecule has 0 radical (unpaired) electrons. The van der Waals surface area contributed by atoms with Gasteiger partial charge >= 0.3 is 0 Å². The lowest BCUT2D eigenvalue weighted by atomic mass is 9.73. The van der Waals surface area contributed by atoms with Crippen molar-refractivity contribution in [1.29, 1.82) is 0 Å². The molecule has 3 nitrogen and oxygen atoms in total. The molecule has 0 bridgehead atoms. The maximum Gasteiger partial charge on any atom is 0.217 e. The monoisotopic (exact) mass is 198 g/mol. The number of nitrogens with zero attached hydrogens (tertiary/aromatic N) is 1. The summed E-state index contributed by atoms with van der Waals surface area (Å²) in [5.41, 5.74) is -0.0806. The molecule has 3 heteroatoms. The molecule has 82 valence electrons. The fraction of sp³-hybridized carbons (Fsp3) is 0.909. The minimum Gasteiger partial charge on any atom is -0.349 e. The molecule has 0 aliphatic carbocycles. The van der Waals surface area contributed by atoms with Gasteiger partial charge in [-0.3, -0.25) is 9.69 Å². The Labute approximate surface area is 86.9 Å².